The van der Waals surface area contributed by atoms with Gasteiger partial charge in [0.05, 0.1) is 11.1 Å². The summed E-state index contributed by atoms with van der Waals surface area (Å²) in [4.78, 5) is 14.3. The molecular formula is C12H9NO6S2. The highest BCUT2D eigenvalue weighted by Gasteiger charge is 2.25. The predicted octanol–water partition coefficient (Wildman–Crippen LogP) is 1.45. The van der Waals surface area contributed by atoms with Crippen molar-refractivity contribution in [2.45, 2.75) is 9.24 Å². The highest BCUT2D eigenvalue weighted by molar-refractivity contribution is 7.93. The largest absolute Gasteiger partial charge is 0.486 e. The van der Waals surface area contributed by atoms with E-state index in [1.54, 1.807) is 0 Å². The topological polar surface area (TPSA) is 103 Å². The number of fused-ring (bicyclic) bond motifs is 1. The molecule has 0 radical (unpaired) electrons. The number of carboxylic acids is 1. The van der Waals surface area contributed by atoms with Gasteiger partial charge in [-0.05, 0) is 12.1 Å². The Morgan fingerprint density at radius 1 is 1.24 bits per heavy atom. The molecule has 0 spiro atoms. The van der Waals surface area contributed by atoms with Crippen LogP contribution < -0.4 is 9.47 Å². The van der Waals surface area contributed by atoms with Crippen LogP contribution in [0.25, 0.3) is 0 Å². The summed E-state index contributed by atoms with van der Waals surface area (Å²) in [6.45, 7) is 0.754. The highest BCUT2D eigenvalue weighted by Crippen LogP contribution is 2.34. The standard InChI is InChI=1S/C12H9NO6S2/c14-11(15)10-6-13-12(20-10)21(16,17)7-1-2-8-9(5-7)19-4-3-18-8/h1-2,5-6H,3-4H2,(H,14,15). The number of aromatic carboxylic acids is 1. The fourth-order valence-corrected chi connectivity index (χ4v) is 4.16. The van der Waals surface area contributed by atoms with Crippen molar-refractivity contribution < 1.29 is 27.8 Å². The van der Waals surface area contributed by atoms with Gasteiger partial charge in [0.1, 0.15) is 18.1 Å². The van der Waals surface area contributed by atoms with E-state index in [0.29, 0.717) is 36.0 Å². The molecule has 3 rings (SSSR count). The first-order chi connectivity index (χ1) is 9.98. The summed E-state index contributed by atoms with van der Waals surface area (Å²) >= 11 is 0.609. The molecule has 110 valence electrons. The number of hydrogen-bond donors (Lipinski definition) is 1. The smallest absolute Gasteiger partial charge is 0.347 e. The molecule has 0 bridgehead atoms. The first kappa shape index (κ1) is 13.8. The number of carboxylic acid groups (broad SMARTS) is 1. The number of ether oxygens (including phenoxy) is 2. The summed E-state index contributed by atoms with van der Waals surface area (Å²) < 4.78 is 35.2. The van der Waals surface area contributed by atoms with Crippen LogP contribution in [0.15, 0.2) is 33.6 Å². The SMILES string of the molecule is O=C(O)c1cnc(S(=O)(=O)c2ccc3c(c2)OCCO3)s1. The molecule has 0 unspecified atom stereocenters. The Balaban J connectivity index is 2.03. The zero-order chi connectivity index (χ0) is 15.0. The normalized spacial score (nSPS) is 13.9. The van der Waals surface area contributed by atoms with Crippen LogP contribution in [-0.2, 0) is 9.84 Å². The predicted molar refractivity (Wildman–Crippen MR) is 72.0 cm³/mol. The van der Waals surface area contributed by atoms with Crippen molar-refractivity contribution in [2.24, 2.45) is 0 Å². The Morgan fingerprint density at radius 3 is 2.62 bits per heavy atom. The van der Waals surface area contributed by atoms with E-state index in [4.69, 9.17) is 14.6 Å². The van der Waals surface area contributed by atoms with Gasteiger partial charge in [-0.1, -0.05) is 11.3 Å². The van der Waals surface area contributed by atoms with E-state index in [0.717, 1.165) is 6.20 Å². The minimum atomic E-state index is -3.88. The molecular weight excluding hydrogens is 318 g/mol. The maximum absolute atomic E-state index is 12.4. The maximum atomic E-state index is 12.4. The molecule has 1 aliphatic heterocycles. The Labute approximate surface area is 123 Å². The fourth-order valence-electron chi connectivity index (χ4n) is 1.77. The summed E-state index contributed by atoms with van der Waals surface area (Å²) in [6, 6.07) is 4.24. The first-order valence-electron chi connectivity index (χ1n) is 5.82. The van der Waals surface area contributed by atoms with E-state index >= 15 is 0 Å². The summed E-state index contributed by atoms with van der Waals surface area (Å²) in [5.41, 5.74) is 0. The molecule has 21 heavy (non-hydrogen) atoms. The van der Waals surface area contributed by atoms with Gasteiger partial charge in [-0.25, -0.2) is 18.2 Å². The number of aromatic nitrogens is 1. The lowest BCUT2D eigenvalue weighted by Gasteiger charge is -2.18. The molecule has 0 saturated heterocycles. The second-order valence-corrected chi connectivity index (χ2v) is 7.26. The molecule has 1 aromatic heterocycles. The van der Waals surface area contributed by atoms with Crippen molar-refractivity contribution in [2.75, 3.05) is 13.2 Å². The lowest BCUT2D eigenvalue weighted by molar-refractivity contribution is 0.0702. The molecule has 0 saturated carbocycles. The van der Waals surface area contributed by atoms with Crippen molar-refractivity contribution in [3.8, 4) is 11.5 Å². The fraction of sp³-hybridized carbons (Fsp3) is 0.167. The number of sulfone groups is 1. The van der Waals surface area contributed by atoms with Crippen LogP contribution in [0.3, 0.4) is 0 Å². The van der Waals surface area contributed by atoms with Crippen molar-refractivity contribution in [3.63, 3.8) is 0 Å². The average Bonchev–Trinajstić information content (AvgIpc) is 2.97. The molecule has 0 fully saturated rings. The van der Waals surface area contributed by atoms with Crippen LogP contribution in [0.2, 0.25) is 0 Å². The number of carbonyl (C=O) groups is 1. The van der Waals surface area contributed by atoms with Gasteiger partial charge < -0.3 is 14.6 Å². The van der Waals surface area contributed by atoms with Crippen LogP contribution in [0, 0.1) is 0 Å². The molecule has 1 aromatic carbocycles. The van der Waals surface area contributed by atoms with E-state index in [1.165, 1.54) is 18.2 Å². The number of nitrogens with zero attached hydrogens (tertiary/aromatic N) is 1. The van der Waals surface area contributed by atoms with Crippen LogP contribution >= 0.6 is 11.3 Å². The van der Waals surface area contributed by atoms with Crippen molar-refractivity contribution >= 4 is 27.1 Å². The third-order valence-electron chi connectivity index (χ3n) is 2.75. The van der Waals surface area contributed by atoms with Gasteiger partial charge in [-0.3, -0.25) is 0 Å². The highest BCUT2D eigenvalue weighted by atomic mass is 32.2. The number of benzene rings is 1. The van der Waals surface area contributed by atoms with Crippen LogP contribution in [0.4, 0.5) is 0 Å². The third kappa shape index (κ3) is 2.45. The van der Waals surface area contributed by atoms with E-state index in [-0.39, 0.29) is 14.1 Å². The van der Waals surface area contributed by atoms with E-state index in [9.17, 15) is 13.2 Å². The van der Waals surface area contributed by atoms with Crippen molar-refractivity contribution in [1.29, 1.82) is 0 Å². The van der Waals surface area contributed by atoms with Crippen molar-refractivity contribution in [1.82, 2.24) is 4.98 Å². The molecule has 0 aliphatic carbocycles. The van der Waals surface area contributed by atoms with Gasteiger partial charge >= 0.3 is 5.97 Å². The molecule has 0 atom stereocenters. The van der Waals surface area contributed by atoms with Gasteiger partial charge in [0.15, 0.2) is 11.5 Å². The Hall–Kier alpha value is -2.13. The summed E-state index contributed by atoms with van der Waals surface area (Å²) in [7, 11) is -3.88. The van der Waals surface area contributed by atoms with E-state index < -0.39 is 15.8 Å². The van der Waals surface area contributed by atoms with Gasteiger partial charge in [0.25, 0.3) is 0 Å². The molecule has 1 aliphatic rings. The second-order valence-electron chi connectivity index (χ2n) is 4.10. The Morgan fingerprint density at radius 2 is 1.95 bits per heavy atom. The number of hydrogen-bond acceptors (Lipinski definition) is 7. The van der Waals surface area contributed by atoms with Crippen LogP contribution in [0.5, 0.6) is 11.5 Å². The van der Waals surface area contributed by atoms with Gasteiger partial charge in [-0.2, -0.15) is 0 Å². The Kier molecular flexibility index (Phi) is 3.30. The quantitative estimate of drug-likeness (QED) is 0.910. The lowest BCUT2D eigenvalue weighted by Crippen LogP contribution is -2.15. The monoisotopic (exact) mass is 327 g/mol. The molecule has 1 N–H and O–H groups in total. The lowest BCUT2D eigenvalue weighted by atomic mass is 10.3. The van der Waals surface area contributed by atoms with E-state index in [2.05, 4.69) is 4.98 Å². The van der Waals surface area contributed by atoms with Gasteiger partial charge in [0, 0.05) is 6.07 Å². The number of rotatable bonds is 3. The maximum Gasteiger partial charge on any atom is 0.347 e. The summed E-state index contributed by atoms with van der Waals surface area (Å²) in [6.07, 6.45) is 1.03. The zero-order valence-corrected chi connectivity index (χ0v) is 12.1. The minimum Gasteiger partial charge on any atom is -0.486 e. The Bertz CT molecular complexity index is 811. The number of thiazole rings is 1. The van der Waals surface area contributed by atoms with Crippen LogP contribution in [0.1, 0.15) is 9.67 Å². The average molecular weight is 327 g/mol. The summed E-state index contributed by atoms with van der Waals surface area (Å²) in [5, 5.41) is 8.83. The van der Waals surface area contributed by atoms with Crippen molar-refractivity contribution in [3.05, 3.63) is 29.3 Å². The van der Waals surface area contributed by atoms with Gasteiger partial charge in [-0.15, -0.1) is 0 Å². The minimum absolute atomic E-state index is 0.0157. The van der Waals surface area contributed by atoms with E-state index in [1.807, 2.05) is 0 Å². The van der Waals surface area contributed by atoms with Crippen LogP contribution in [-0.4, -0.2) is 37.7 Å². The first-order valence-corrected chi connectivity index (χ1v) is 8.12. The summed E-state index contributed by atoms with van der Waals surface area (Å²) in [5.74, 6) is -0.390. The zero-order valence-electron chi connectivity index (χ0n) is 10.5. The molecule has 2 heterocycles. The van der Waals surface area contributed by atoms with Gasteiger partial charge in [0.2, 0.25) is 14.2 Å². The second kappa shape index (κ2) is 5.01. The molecule has 2 aromatic rings. The molecule has 9 heteroatoms. The molecule has 7 nitrogen and oxygen atoms in total. The third-order valence-corrected chi connectivity index (χ3v) is 5.88. The molecule has 0 amide bonds.